The lowest BCUT2D eigenvalue weighted by atomic mass is 9.90. The van der Waals surface area contributed by atoms with Crippen LogP contribution >= 0.6 is 0 Å². The van der Waals surface area contributed by atoms with Crippen molar-refractivity contribution in [2.75, 3.05) is 0 Å². The first-order valence-electron chi connectivity index (χ1n) is 4.80. The summed E-state index contributed by atoms with van der Waals surface area (Å²) in [6.07, 6.45) is 4.19. The van der Waals surface area contributed by atoms with E-state index in [4.69, 9.17) is 0 Å². The Hall–Kier alpha value is -0.260. The summed E-state index contributed by atoms with van der Waals surface area (Å²) in [5, 5.41) is 0. The second-order valence-corrected chi connectivity index (χ2v) is 4.34. The number of hydrogen-bond acceptors (Lipinski definition) is 0. The van der Waals surface area contributed by atoms with Gasteiger partial charge in [-0.05, 0) is 30.6 Å². The van der Waals surface area contributed by atoms with Crippen LogP contribution < -0.4 is 0 Å². The van der Waals surface area contributed by atoms with Crippen molar-refractivity contribution in [1.29, 1.82) is 0 Å². The molecule has 0 heterocycles. The first-order chi connectivity index (χ1) is 5.11. The largest absolute Gasteiger partial charge is 0.0993 e. The summed E-state index contributed by atoms with van der Waals surface area (Å²) in [5.74, 6) is 2.46. The molecule has 11 heavy (non-hydrogen) atoms. The molecule has 0 nitrogen and oxygen atoms in total. The predicted molar refractivity (Wildman–Crippen MR) is 50.5 cm³/mol. The Balaban J connectivity index is 2.43. The van der Waals surface area contributed by atoms with E-state index in [2.05, 4.69) is 27.4 Å². The van der Waals surface area contributed by atoms with Crippen molar-refractivity contribution < 1.29 is 0 Å². The molecule has 1 rings (SSSR count). The fourth-order valence-electron chi connectivity index (χ4n) is 2.02. The van der Waals surface area contributed by atoms with Gasteiger partial charge in [0.1, 0.15) is 0 Å². The summed E-state index contributed by atoms with van der Waals surface area (Å²) in [6, 6.07) is 0. The summed E-state index contributed by atoms with van der Waals surface area (Å²) >= 11 is 0. The Labute approximate surface area is 70.7 Å². The third-order valence-corrected chi connectivity index (χ3v) is 2.96. The molecule has 0 bridgehead atoms. The summed E-state index contributed by atoms with van der Waals surface area (Å²) in [7, 11) is 0. The van der Waals surface area contributed by atoms with E-state index in [1.54, 1.807) is 0 Å². The molecule has 0 heteroatoms. The van der Waals surface area contributed by atoms with Gasteiger partial charge in [0.2, 0.25) is 0 Å². The van der Waals surface area contributed by atoms with Gasteiger partial charge >= 0.3 is 0 Å². The highest BCUT2D eigenvalue weighted by Crippen LogP contribution is 2.36. The third kappa shape index (κ3) is 2.08. The van der Waals surface area contributed by atoms with Crippen LogP contribution in [0.2, 0.25) is 0 Å². The zero-order chi connectivity index (χ0) is 8.43. The SMILES string of the molecule is C=C(C(C)C)C1CCC(C)C1. The summed E-state index contributed by atoms with van der Waals surface area (Å²) < 4.78 is 0. The van der Waals surface area contributed by atoms with Crippen LogP contribution in [-0.2, 0) is 0 Å². The van der Waals surface area contributed by atoms with Crippen LogP contribution in [0.15, 0.2) is 12.2 Å². The lowest BCUT2D eigenvalue weighted by Crippen LogP contribution is -2.04. The second-order valence-electron chi connectivity index (χ2n) is 4.34. The van der Waals surface area contributed by atoms with Crippen molar-refractivity contribution >= 4 is 0 Å². The highest BCUT2D eigenvalue weighted by atomic mass is 14.3. The predicted octanol–water partition coefficient (Wildman–Crippen LogP) is 3.63. The Morgan fingerprint density at radius 2 is 2.00 bits per heavy atom. The van der Waals surface area contributed by atoms with Gasteiger partial charge < -0.3 is 0 Å². The molecule has 1 saturated carbocycles. The average molecular weight is 152 g/mol. The molecule has 0 aromatic rings. The zero-order valence-electron chi connectivity index (χ0n) is 8.06. The van der Waals surface area contributed by atoms with Gasteiger partial charge in [0, 0.05) is 0 Å². The molecular weight excluding hydrogens is 132 g/mol. The summed E-state index contributed by atoms with van der Waals surface area (Å²) in [5.41, 5.74) is 1.48. The van der Waals surface area contributed by atoms with Gasteiger partial charge in [-0.3, -0.25) is 0 Å². The maximum atomic E-state index is 4.17. The van der Waals surface area contributed by atoms with Gasteiger partial charge in [-0.15, -0.1) is 0 Å². The Morgan fingerprint density at radius 1 is 1.36 bits per heavy atom. The van der Waals surface area contributed by atoms with Crippen molar-refractivity contribution in [3.05, 3.63) is 12.2 Å². The monoisotopic (exact) mass is 152 g/mol. The minimum atomic E-state index is 0.685. The van der Waals surface area contributed by atoms with E-state index in [1.807, 2.05) is 0 Å². The van der Waals surface area contributed by atoms with Crippen molar-refractivity contribution in [2.24, 2.45) is 17.8 Å². The van der Waals surface area contributed by atoms with Crippen LogP contribution in [0.3, 0.4) is 0 Å². The molecule has 0 radical (unpaired) electrons. The quantitative estimate of drug-likeness (QED) is 0.530. The minimum Gasteiger partial charge on any atom is -0.0993 e. The lowest BCUT2D eigenvalue weighted by Gasteiger charge is -2.16. The van der Waals surface area contributed by atoms with Crippen molar-refractivity contribution in [3.8, 4) is 0 Å². The highest BCUT2D eigenvalue weighted by molar-refractivity contribution is 5.05. The molecule has 0 spiro atoms. The van der Waals surface area contributed by atoms with Crippen molar-refractivity contribution in [2.45, 2.75) is 40.0 Å². The molecule has 0 N–H and O–H groups in total. The summed E-state index contributed by atoms with van der Waals surface area (Å²) in [4.78, 5) is 0. The van der Waals surface area contributed by atoms with Crippen LogP contribution in [-0.4, -0.2) is 0 Å². The van der Waals surface area contributed by atoms with Crippen molar-refractivity contribution in [3.63, 3.8) is 0 Å². The van der Waals surface area contributed by atoms with E-state index in [-0.39, 0.29) is 0 Å². The van der Waals surface area contributed by atoms with Crippen LogP contribution in [0.1, 0.15) is 40.0 Å². The molecular formula is C11H20. The maximum Gasteiger partial charge on any atom is -0.0201 e. The van der Waals surface area contributed by atoms with Gasteiger partial charge in [-0.1, -0.05) is 39.3 Å². The van der Waals surface area contributed by atoms with E-state index in [0.717, 1.165) is 11.8 Å². The van der Waals surface area contributed by atoms with Crippen molar-refractivity contribution in [1.82, 2.24) is 0 Å². The average Bonchev–Trinajstić information content (AvgIpc) is 2.34. The fourth-order valence-corrected chi connectivity index (χ4v) is 2.02. The molecule has 0 aromatic heterocycles. The van der Waals surface area contributed by atoms with Gasteiger partial charge in [0.05, 0.1) is 0 Å². The Morgan fingerprint density at radius 3 is 2.36 bits per heavy atom. The number of allylic oxidation sites excluding steroid dienone is 1. The fraction of sp³-hybridized carbons (Fsp3) is 0.818. The van der Waals surface area contributed by atoms with Gasteiger partial charge in [-0.25, -0.2) is 0 Å². The van der Waals surface area contributed by atoms with Crippen LogP contribution in [0.25, 0.3) is 0 Å². The standard InChI is InChI=1S/C11H20/c1-8(2)10(4)11-6-5-9(3)7-11/h8-9,11H,4-7H2,1-3H3. The van der Waals surface area contributed by atoms with Crippen LogP contribution in [0.5, 0.6) is 0 Å². The van der Waals surface area contributed by atoms with E-state index in [1.165, 1.54) is 24.8 Å². The topological polar surface area (TPSA) is 0 Å². The number of rotatable bonds is 2. The molecule has 2 atom stereocenters. The van der Waals surface area contributed by atoms with Crippen LogP contribution in [0.4, 0.5) is 0 Å². The van der Waals surface area contributed by atoms with Gasteiger partial charge in [-0.2, -0.15) is 0 Å². The van der Waals surface area contributed by atoms with E-state index >= 15 is 0 Å². The van der Waals surface area contributed by atoms with Gasteiger partial charge in [0.15, 0.2) is 0 Å². The van der Waals surface area contributed by atoms with Gasteiger partial charge in [0.25, 0.3) is 0 Å². The summed E-state index contributed by atoms with van der Waals surface area (Å²) in [6.45, 7) is 11.0. The first kappa shape index (κ1) is 8.83. The maximum absolute atomic E-state index is 4.17. The lowest BCUT2D eigenvalue weighted by molar-refractivity contribution is 0.530. The first-order valence-corrected chi connectivity index (χ1v) is 4.80. The minimum absolute atomic E-state index is 0.685. The molecule has 2 unspecified atom stereocenters. The zero-order valence-corrected chi connectivity index (χ0v) is 8.06. The van der Waals surface area contributed by atoms with E-state index < -0.39 is 0 Å². The van der Waals surface area contributed by atoms with E-state index in [9.17, 15) is 0 Å². The smallest absolute Gasteiger partial charge is 0.0201 e. The molecule has 0 saturated heterocycles. The third-order valence-electron chi connectivity index (χ3n) is 2.96. The van der Waals surface area contributed by atoms with Crippen LogP contribution in [0, 0.1) is 17.8 Å². The molecule has 1 fully saturated rings. The molecule has 1 aliphatic carbocycles. The number of hydrogen-bond donors (Lipinski definition) is 0. The van der Waals surface area contributed by atoms with E-state index in [0.29, 0.717) is 5.92 Å². The molecule has 0 aliphatic heterocycles. The normalized spacial score (nSPS) is 31.3. The molecule has 1 aliphatic rings. The molecule has 64 valence electrons. The Bertz CT molecular complexity index is 144. The molecule has 0 amide bonds. The second kappa shape index (κ2) is 3.42. The Kier molecular flexibility index (Phi) is 2.75. The highest BCUT2D eigenvalue weighted by Gasteiger charge is 2.24. The molecule has 0 aromatic carbocycles.